The van der Waals surface area contributed by atoms with Crippen LogP contribution < -0.4 is 16.0 Å². The molecule has 9 heteroatoms. The van der Waals surface area contributed by atoms with Crippen LogP contribution in [0.5, 0.6) is 0 Å². The van der Waals surface area contributed by atoms with Gasteiger partial charge in [-0.3, -0.25) is 4.79 Å². The summed E-state index contributed by atoms with van der Waals surface area (Å²) in [6.07, 6.45) is 3.21. The van der Waals surface area contributed by atoms with E-state index in [-0.39, 0.29) is 11.7 Å². The Hall–Kier alpha value is -3.72. The van der Waals surface area contributed by atoms with Gasteiger partial charge in [-0.25, -0.2) is 15.0 Å². The van der Waals surface area contributed by atoms with Gasteiger partial charge in [0.1, 0.15) is 23.8 Å². The number of nitrogens with zero attached hydrogens (tertiary/aromatic N) is 3. The van der Waals surface area contributed by atoms with Crippen LogP contribution >= 0.6 is 15.9 Å². The van der Waals surface area contributed by atoms with E-state index < -0.39 is 0 Å². The Morgan fingerprint density at radius 3 is 2.27 bits per heavy atom. The Morgan fingerprint density at radius 2 is 1.57 bits per heavy atom. The number of carbonyl (C=O) groups excluding carboxylic acids is 1. The van der Waals surface area contributed by atoms with Gasteiger partial charge in [0.2, 0.25) is 0 Å². The number of amides is 1. The van der Waals surface area contributed by atoms with E-state index >= 15 is 0 Å². The van der Waals surface area contributed by atoms with Crippen LogP contribution in [0.4, 0.5) is 28.8 Å². The number of anilines is 5. The summed E-state index contributed by atoms with van der Waals surface area (Å²) in [5.74, 6) is 1.87. The first-order valence-corrected chi connectivity index (χ1v) is 9.80. The summed E-state index contributed by atoms with van der Waals surface area (Å²) in [5, 5.41) is 9.14. The predicted molar refractivity (Wildman–Crippen MR) is 118 cm³/mol. The van der Waals surface area contributed by atoms with E-state index in [0.29, 0.717) is 27.8 Å². The normalized spacial score (nSPS) is 10.5. The molecule has 0 spiro atoms. The minimum Gasteiger partial charge on any atom is -0.444 e. The molecule has 0 saturated heterocycles. The highest BCUT2D eigenvalue weighted by Crippen LogP contribution is 2.21. The van der Waals surface area contributed by atoms with Gasteiger partial charge in [-0.1, -0.05) is 0 Å². The lowest BCUT2D eigenvalue weighted by molar-refractivity contribution is 0.0995. The molecule has 0 bridgehead atoms. The summed E-state index contributed by atoms with van der Waals surface area (Å²) in [5.41, 5.74) is 2.56. The maximum Gasteiger partial charge on any atom is 0.291 e. The second kappa shape index (κ2) is 8.75. The van der Waals surface area contributed by atoms with Crippen molar-refractivity contribution < 1.29 is 9.21 Å². The number of benzene rings is 1. The molecule has 3 aromatic heterocycles. The summed E-state index contributed by atoms with van der Waals surface area (Å²) in [7, 11) is 0. The highest BCUT2D eigenvalue weighted by Gasteiger charge is 2.10. The van der Waals surface area contributed by atoms with Crippen LogP contribution in [-0.4, -0.2) is 20.9 Å². The summed E-state index contributed by atoms with van der Waals surface area (Å²) in [6, 6.07) is 16.2. The lowest BCUT2D eigenvalue weighted by Crippen LogP contribution is -2.10. The highest BCUT2D eigenvalue weighted by atomic mass is 79.9. The molecule has 0 radical (unpaired) electrons. The fourth-order valence-corrected chi connectivity index (χ4v) is 2.95. The van der Waals surface area contributed by atoms with Crippen molar-refractivity contribution in [2.45, 2.75) is 6.92 Å². The number of hydrogen-bond acceptors (Lipinski definition) is 7. The van der Waals surface area contributed by atoms with Crippen molar-refractivity contribution in [2.75, 3.05) is 16.0 Å². The number of aromatic nitrogens is 3. The molecule has 0 aliphatic carbocycles. The molecule has 0 fully saturated rings. The van der Waals surface area contributed by atoms with Gasteiger partial charge in [0.15, 0.2) is 10.4 Å². The fraction of sp³-hybridized carbons (Fsp3) is 0.0476. The van der Waals surface area contributed by atoms with Crippen LogP contribution in [0, 0.1) is 6.92 Å². The Morgan fingerprint density at radius 1 is 0.867 bits per heavy atom. The van der Waals surface area contributed by atoms with E-state index in [1.165, 1.54) is 6.33 Å². The average Bonchev–Trinajstić information content (AvgIpc) is 3.16. The topological polar surface area (TPSA) is 105 Å². The van der Waals surface area contributed by atoms with E-state index in [9.17, 15) is 4.79 Å². The molecule has 8 nitrogen and oxygen atoms in total. The lowest BCUT2D eigenvalue weighted by Gasteiger charge is -2.09. The Kier molecular flexibility index (Phi) is 5.71. The Bertz CT molecular complexity index is 1180. The molecular weight excluding hydrogens is 448 g/mol. The molecule has 0 aliphatic rings. The number of aryl methyl sites for hydroxylation is 1. The highest BCUT2D eigenvalue weighted by molar-refractivity contribution is 9.10. The monoisotopic (exact) mass is 464 g/mol. The molecule has 0 saturated carbocycles. The third-order valence-corrected chi connectivity index (χ3v) is 4.48. The van der Waals surface area contributed by atoms with Crippen LogP contribution in [-0.2, 0) is 0 Å². The molecule has 0 atom stereocenters. The number of rotatable bonds is 6. The molecule has 4 aromatic rings. The summed E-state index contributed by atoms with van der Waals surface area (Å²) >= 11 is 3.18. The van der Waals surface area contributed by atoms with Gasteiger partial charge in [-0.2, -0.15) is 0 Å². The molecular formula is C21H17BrN6O2. The van der Waals surface area contributed by atoms with Gasteiger partial charge in [-0.05, 0) is 76.9 Å². The summed E-state index contributed by atoms with van der Waals surface area (Å²) in [6.45, 7) is 2.00. The Balaban J connectivity index is 1.40. The minimum atomic E-state index is -0.322. The lowest BCUT2D eigenvalue weighted by atomic mass is 10.2. The van der Waals surface area contributed by atoms with Gasteiger partial charge in [-0.15, -0.1) is 0 Å². The van der Waals surface area contributed by atoms with Crippen molar-refractivity contribution in [3.63, 3.8) is 0 Å². The molecule has 4 rings (SSSR count). The molecule has 150 valence electrons. The van der Waals surface area contributed by atoms with E-state index in [0.717, 1.165) is 11.3 Å². The number of carbonyl (C=O) groups is 1. The molecule has 0 aliphatic heterocycles. The zero-order valence-corrected chi connectivity index (χ0v) is 17.5. The quantitative estimate of drug-likeness (QED) is 0.356. The van der Waals surface area contributed by atoms with Crippen molar-refractivity contribution in [1.29, 1.82) is 0 Å². The molecule has 3 N–H and O–H groups in total. The maximum atomic E-state index is 12.1. The third kappa shape index (κ3) is 5.00. The molecule has 1 amide bonds. The van der Waals surface area contributed by atoms with Gasteiger partial charge >= 0.3 is 0 Å². The van der Waals surface area contributed by atoms with Crippen LogP contribution in [0.15, 0.2) is 76.2 Å². The molecule has 30 heavy (non-hydrogen) atoms. The van der Waals surface area contributed by atoms with Crippen LogP contribution in [0.3, 0.4) is 0 Å². The SMILES string of the molecule is Cc1ccnc(Nc2cc(Nc3ccc(NC(=O)c4ccc(Br)o4)cc3)ncn2)c1. The smallest absolute Gasteiger partial charge is 0.291 e. The van der Waals surface area contributed by atoms with Crippen molar-refractivity contribution in [3.8, 4) is 0 Å². The van der Waals surface area contributed by atoms with E-state index in [2.05, 4.69) is 46.8 Å². The first kappa shape index (κ1) is 19.6. The standard InChI is InChI=1S/C21H17BrN6O2/c1-13-8-9-23-18(10-13)28-20-11-19(24-12-25-20)26-14-2-4-15(5-3-14)27-21(29)16-6-7-17(22)30-16/h2-12H,1H3,(H,27,29)(H2,23,24,25,26,28). The van der Waals surface area contributed by atoms with Crippen LogP contribution in [0.1, 0.15) is 16.1 Å². The van der Waals surface area contributed by atoms with Gasteiger partial charge in [0.05, 0.1) is 0 Å². The number of furan rings is 1. The first-order valence-electron chi connectivity index (χ1n) is 9.01. The third-order valence-electron chi connectivity index (χ3n) is 4.05. The van der Waals surface area contributed by atoms with E-state index in [1.54, 1.807) is 36.5 Å². The molecule has 0 unspecified atom stereocenters. The number of nitrogens with one attached hydrogen (secondary N) is 3. The largest absolute Gasteiger partial charge is 0.444 e. The second-order valence-corrected chi connectivity index (χ2v) is 7.17. The van der Waals surface area contributed by atoms with Crippen LogP contribution in [0.25, 0.3) is 0 Å². The van der Waals surface area contributed by atoms with Crippen molar-refractivity contribution in [2.24, 2.45) is 0 Å². The van der Waals surface area contributed by atoms with E-state index in [4.69, 9.17) is 4.42 Å². The number of halogens is 1. The summed E-state index contributed by atoms with van der Waals surface area (Å²) < 4.78 is 5.75. The fourth-order valence-electron chi connectivity index (χ4n) is 2.64. The number of pyridine rings is 1. The summed E-state index contributed by atoms with van der Waals surface area (Å²) in [4.78, 5) is 24.9. The first-order chi connectivity index (χ1) is 14.5. The molecule has 1 aromatic carbocycles. The van der Waals surface area contributed by atoms with Crippen molar-refractivity contribution in [3.05, 3.63) is 83.1 Å². The van der Waals surface area contributed by atoms with Gasteiger partial charge < -0.3 is 20.4 Å². The zero-order chi connectivity index (χ0) is 20.9. The van der Waals surface area contributed by atoms with Crippen LogP contribution in [0.2, 0.25) is 0 Å². The van der Waals surface area contributed by atoms with Gasteiger partial charge in [0.25, 0.3) is 5.91 Å². The number of hydrogen-bond donors (Lipinski definition) is 3. The maximum absolute atomic E-state index is 12.1. The van der Waals surface area contributed by atoms with Gasteiger partial charge in [0, 0.05) is 23.6 Å². The minimum absolute atomic E-state index is 0.230. The van der Waals surface area contributed by atoms with Crippen molar-refractivity contribution >= 4 is 50.7 Å². The zero-order valence-electron chi connectivity index (χ0n) is 15.9. The average molecular weight is 465 g/mol. The second-order valence-electron chi connectivity index (χ2n) is 6.39. The Labute approximate surface area is 180 Å². The van der Waals surface area contributed by atoms with Crippen molar-refractivity contribution in [1.82, 2.24) is 15.0 Å². The predicted octanol–water partition coefficient (Wildman–Crippen LogP) is 5.28. The van der Waals surface area contributed by atoms with E-state index in [1.807, 2.05) is 31.2 Å². The molecule has 3 heterocycles.